The van der Waals surface area contributed by atoms with Crippen molar-refractivity contribution in [1.29, 1.82) is 0 Å². The first-order valence-corrected chi connectivity index (χ1v) is 2.78. The first-order valence-electron chi connectivity index (χ1n) is 2.78. The number of carbonyl (C=O) groups excluding carboxylic acids is 1. The second-order valence-electron chi connectivity index (χ2n) is 1.92. The molecule has 0 fully saturated rings. The Bertz CT molecular complexity index is 220. The van der Waals surface area contributed by atoms with Crippen molar-refractivity contribution in [3.63, 3.8) is 0 Å². The summed E-state index contributed by atoms with van der Waals surface area (Å²) in [5.41, 5.74) is 1.63. The molecule has 0 aliphatic rings. The van der Waals surface area contributed by atoms with Crippen molar-refractivity contribution in [1.82, 2.24) is 0 Å². The van der Waals surface area contributed by atoms with Crippen LogP contribution >= 0.6 is 0 Å². The largest absolute Gasteiger partial charge is 1.00 e. The quantitative estimate of drug-likeness (QED) is 0.329. The molecule has 10 heavy (non-hydrogen) atoms. The van der Waals surface area contributed by atoms with E-state index in [9.17, 15) is 4.79 Å². The van der Waals surface area contributed by atoms with E-state index in [4.69, 9.17) is 0 Å². The average molecular weight is 126 g/mol. The van der Waals surface area contributed by atoms with Gasteiger partial charge in [0.1, 0.15) is 0 Å². The maximum absolute atomic E-state index is 10.1. The minimum Gasteiger partial charge on any atom is -0.376 e. The Morgan fingerprint density at radius 2 is 1.90 bits per heavy atom. The van der Waals surface area contributed by atoms with Crippen LogP contribution < -0.4 is 18.9 Å². The van der Waals surface area contributed by atoms with Gasteiger partial charge >= 0.3 is 18.9 Å². The van der Waals surface area contributed by atoms with Gasteiger partial charge in [0, 0.05) is 0 Å². The van der Waals surface area contributed by atoms with Crippen LogP contribution in [0.4, 0.5) is 0 Å². The number of rotatable bonds is 1. The van der Waals surface area contributed by atoms with Crippen molar-refractivity contribution in [2.75, 3.05) is 0 Å². The van der Waals surface area contributed by atoms with E-state index in [1.165, 1.54) is 0 Å². The number of hydrogen-bond donors (Lipinski definition) is 0. The van der Waals surface area contributed by atoms with Crippen LogP contribution in [0.2, 0.25) is 0 Å². The van der Waals surface area contributed by atoms with Gasteiger partial charge in [-0.1, -0.05) is 13.0 Å². The Balaban J connectivity index is 0.000000810. The molecule has 1 rings (SSSR count). The molecule has 0 atom stereocenters. The van der Waals surface area contributed by atoms with Crippen molar-refractivity contribution in [2.45, 2.75) is 6.92 Å². The summed E-state index contributed by atoms with van der Waals surface area (Å²) < 4.78 is 0. The third-order valence-electron chi connectivity index (χ3n) is 1.26. The molecule has 0 amide bonds. The minimum atomic E-state index is 0. The van der Waals surface area contributed by atoms with E-state index in [1.54, 1.807) is 6.07 Å². The second-order valence-corrected chi connectivity index (χ2v) is 1.92. The molecule has 1 aromatic carbocycles. The maximum atomic E-state index is 10.1. The first kappa shape index (κ1) is 9.49. The topological polar surface area (TPSA) is 17.1 Å². The average Bonchev–Trinajstić information content (AvgIpc) is 1.89. The van der Waals surface area contributed by atoms with Crippen LogP contribution in [0.5, 0.6) is 0 Å². The molecule has 0 aliphatic heterocycles. The number of aryl methyl sites for hydroxylation is 1. The van der Waals surface area contributed by atoms with Gasteiger partial charge in [-0.15, -0.1) is 23.3 Å². The van der Waals surface area contributed by atoms with E-state index in [2.05, 4.69) is 0 Å². The zero-order valence-electron chi connectivity index (χ0n) is 6.22. The molecular weight excluding hydrogens is 119 g/mol. The summed E-state index contributed by atoms with van der Waals surface area (Å²) in [4.78, 5) is 10.1. The van der Waals surface area contributed by atoms with E-state index in [0.717, 1.165) is 5.56 Å². The summed E-state index contributed by atoms with van der Waals surface area (Å²) in [6.45, 7) is 1.89. The minimum absolute atomic E-state index is 0. The smallest absolute Gasteiger partial charge is 0.376 e. The zero-order valence-corrected chi connectivity index (χ0v) is 6.22. The monoisotopic (exact) mass is 126 g/mol. The van der Waals surface area contributed by atoms with E-state index < -0.39 is 0 Å². The fourth-order valence-electron chi connectivity index (χ4n) is 0.687. The number of hydrogen-bond acceptors (Lipinski definition) is 1. The zero-order chi connectivity index (χ0) is 6.69. The molecule has 46 valence electrons. The van der Waals surface area contributed by atoms with E-state index in [1.807, 2.05) is 31.4 Å². The predicted octanol–water partition coefficient (Wildman–Crippen LogP) is -1.54. The van der Waals surface area contributed by atoms with E-state index in [-0.39, 0.29) is 18.9 Å². The van der Waals surface area contributed by atoms with Crippen LogP contribution in [0.25, 0.3) is 0 Å². The van der Waals surface area contributed by atoms with Gasteiger partial charge in [0.15, 0.2) is 0 Å². The van der Waals surface area contributed by atoms with Gasteiger partial charge in [0.2, 0.25) is 0 Å². The molecule has 0 bridgehead atoms. The van der Waals surface area contributed by atoms with Crippen LogP contribution in [0.15, 0.2) is 24.3 Å². The predicted molar refractivity (Wildman–Crippen MR) is 36.0 cm³/mol. The molecule has 2 heteroatoms. The van der Waals surface area contributed by atoms with Gasteiger partial charge in [-0.25, -0.2) is 0 Å². The third-order valence-corrected chi connectivity index (χ3v) is 1.26. The standard InChI is InChI=1S/C8H7O.Li/c1-7-4-2-3-5-8(7)6-9;/h2-5H,1H3;/q-1;+1. The molecule has 0 aromatic heterocycles. The third kappa shape index (κ3) is 2.02. The van der Waals surface area contributed by atoms with E-state index in [0.29, 0.717) is 5.56 Å². The molecule has 0 saturated heterocycles. The Labute approximate surface area is 72.6 Å². The number of benzene rings is 1. The summed E-state index contributed by atoms with van der Waals surface area (Å²) in [5.74, 6) is 0. The molecule has 0 heterocycles. The summed E-state index contributed by atoms with van der Waals surface area (Å²) in [5, 5.41) is 0. The fourth-order valence-corrected chi connectivity index (χ4v) is 0.687. The maximum Gasteiger partial charge on any atom is 1.00 e. The van der Waals surface area contributed by atoms with Gasteiger partial charge < -0.3 is 4.79 Å². The molecule has 0 N–H and O–H groups in total. The van der Waals surface area contributed by atoms with Crippen molar-refractivity contribution >= 4 is 6.29 Å². The molecule has 0 aliphatic carbocycles. The van der Waals surface area contributed by atoms with Crippen molar-refractivity contribution < 1.29 is 23.7 Å². The van der Waals surface area contributed by atoms with Gasteiger partial charge in [-0.3, -0.25) is 0 Å². The van der Waals surface area contributed by atoms with Crippen LogP contribution in [-0.2, 0) is 4.79 Å². The SMILES string of the molecule is Cc1ccccc1[C-]=O.[Li+]. The Morgan fingerprint density at radius 3 is 2.30 bits per heavy atom. The summed E-state index contributed by atoms with van der Waals surface area (Å²) in [6.07, 6.45) is 1.85. The van der Waals surface area contributed by atoms with Crippen molar-refractivity contribution in [3.05, 3.63) is 35.4 Å². The summed E-state index contributed by atoms with van der Waals surface area (Å²) in [7, 11) is 0. The first-order chi connectivity index (χ1) is 4.34. The van der Waals surface area contributed by atoms with Crippen LogP contribution in [0, 0.1) is 6.92 Å². The Hall–Kier alpha value is -0.513. The summed E-state index contributed by atoms with van der Waals surface area (Å²) >= 11 is 0. The molecule has 1 nitrogen and oxygen atoms in total. The Morgan fingerprint density at radius 1 is 1.30 bits per heavy atom. The molecule has 0 unspecified atom stereocenters. The van der Waals surface area contributed by atoms with Crippen molar-refractivity contribution in [2.24, 2.45) is 0 Å². The fraction of sp³-hybridized carbons (Fsp3) is 0.125. The normalized spacial score (nSPS) is 8.10. The van der Waals surface area contributed by atoms with Crippen LogP contribution in [0.3, 0.4) is 0 Å². The van der Waals surface area contributed by atoms with Gasteiger partial charge in [-0.2, -0.15) is 6.07 Å². The second kappa shape index (κ2) is 4.33. The van der Waals surface area contributed by atoms with Gasteiger partial charge in [0.05, 0.1) is 6.29 Å². The summed E-state index contributed by atoms with van der Waals surface area (Å²) in [6, 6.07) is 7.37. The molecule has 0 radical (unpaired) electrons. The van der Waals surface area contributed by atoms with E-state index >= 15 is 0 Å². The molecule has 1 aromatic rings. The van der Waals surface area contributed by atoms with Gasteiger partial charge in [-0.05, 0) is 0 Å². The molecular formula is C8H7LiO. The molecule has 0 saturated carbocycles. The van der Waals surface area contributed by atoms with Crippen LogP contribution in [0.1, 0.15) is 11.1 Å². The Kier molecular flexibility index (Phi) is 4.10. The van der Waals surface area contributed by atoms with Gasteiger partial charge in [0.25, 0.3) is 0 Å². The van der Waals surface area contributed by atoms with Crippen LogP contribution in [-0.4, -0.2) is 6.29 Å². The van der Waals surface area contributed by atoms with Crippen molar-refractivity contribution in [3.8, 4) is 0 Å². The molecule has 0 spiro atoms.